The Kier molecular flexibility index (Phi) is 4.66. The van der Waals surface area contributed by atoms with Crippen molar-refractivity contribution < 1.29 is 9.90 Å². The lowest BCUT2D eigenvalue weighted by molar-refractivity contribution is -0.138. The molecule has 1 unspecified atom stereocenters. The van der Waals surface area contributed by atoms with Crippen LogP contribution in [0.4, 0.5) is 0 Å². The number of hydrogen-bond donors (Lipinski definition) is 1. The summed E-state index contributed by atoms with van der Waals surface area (Å²) in [5, 5.41) is 9.41. The zero-order valence-corrected chi connectivity index (χ0v) is 12.9. The minimum absolute atomic E-state index is 0.367. The van der Waals surface area contributed by atoms with Gasteiger partial charge in [-0.15, -0.1) is 0 Å². The van der Waals surface area contributed by atoms with Crippen LogP contribution in [0.2, 0.25) is 0 Å². The normalized spacial score (nSPS) is 12.1. The quantitative estimate of drug-likeness (QED) is 0.875. The molecule has 0 aliphatic heterocycles. The first-order chi connectivity index (χ1) is 9.09. The second kappa shape index (κ2) is 6.25. The van der Waals surface area contributed by atoms with Gasteiger partial charge in [-0.05, 0) is 34.0 Å². The number of carboxylic acids is 1. The van der Waals surface area contributed by atoms with Gasteiger partial charge in [-0.25, -0.2) is 9.97 Å². The molecule has 1 N–H and O–H groups in total. The van der Waals surface area contributed by atoms with E-state index in [0.29, 0.717) is 16.6 Å². The SMILES string of the molecule is O=C(O)C(Cc1ccccc1Br)c1ncncc1Br. The standard InChI is InChI=1S/C13H10Br2N2O2/c14-10-4-2-1-3-8(10)5-9(13(18)19)12-11(15)6-16-7-17-12/h1-4,6-7,9H,5H2,(H,18,19). The third-order valence-electron chi connectivity index (χ3n) is 2.71. The monoisotopic (exact) mass is 384 g/mol. The van der Waals surface area contributed by atoms with Crippen molar-refractivity contribution in [1.29, 1.82) is 0 Å². The number of aromatic nitrogens is 2. The number of nitrogens with zero attached hydrogens (tertiary/aromatic N) is 2. The van der Waals surface area contributed by atoms with Crippen LogP contribution in [-0.4, -0.2) is 21.0 Å². The number of benzene rings is 1. The highest BCUT2D eigenvalue weighted by molar-refractivity contribution is 9.10. The fraction of sp³-hybridized carbons (Fsp3) is 0.154. The summed E-state index contributed by atoms with van der Waals surface area (Å²) in [7, 11) is 0. The van der Waals surface area contributed by atoms with Gasteiger partial charge in [0, 0.05) is 10.7 Å². The molecule has 0 fully saturated rings. The summed E-state index contributed by atoms with van der Waals surface area (Å²) in [6, 6.07) is 7.57. The second-order valence-electron chi connectivity index (χ2n) is 3.94. The van der Waals surface area contributed by atoms with Crippen LogP contribution in [0.1, 0.15) is 17.2 Å². The Morgan fingerprint density at radius 2 is 2.00 bits per heavy atom. The molecular formula is C13H10Br2N2O2. The Morgan fingerprint density at radius 1 is 1.26 bits per heavy atom. The predicted octanol–water partition coefficient (Wildman–Crippen LogP) is 3.41. The van der Waals surface area contributed by atoms with Gasteiger partial charge in [0.25, 0.3) is 0 Å². The molecule has 2 rings (SSSR count). The van der Waals surface area contributed by atoms with E-state index in [1.807, 2.05) is 24.3 Å². The molecule has 0 spiro atoms. The summed E-state index contributed by atoms with van der Waals surface area (Å²) >= 11 is 6.72. The first kappa shape index (κ1) is 14.1. The van der Waals surface area contributed by atoms with Crippen LogP contribution in [0.5, 0.6) is 0 Å². The van der Waals surface area contributed by atoms with Crippen molar-refractivity contribution in [2.24, 2.45) is 0 Å². The van der Waals surface area contributed by atoms with Gasteiger partial charge in [-0.1, -0.05) is 34.1 Å². The lowest BCUT2D eigenvalue weighted by atomic mass is 9.96. The molecule has 2 aromatic rings. The first-order valence-electron chi connectivity index (χ1n) is 5.51. The summed E-state index contributed by atoms with van der Waals surface area (Å²) in [4.78, 5) is 19.4. The fourth-order valence-corrected chi connectivity index (χ4v) is 2.71. The molecule has 0 radical (unpaired) electrons. The van der Waals surface area contributed by atoms with Crippen molar-refractivity contribution in [3.8, 4) is 0 Å². The Hall–Kier alpha value is -1.27. The molecule has 1 heterocycles. The topological polar surface area (TPSA) is 63.1 Å². The van der Waals surface area contributed by atoms with Crippen LogP contribution < -0.4 is 0 Å². The van der Waals surface area contributed by atoms with Gasteiger partial charge < -0.3 is 5.11 Å². The average molecular weight is 386 g/mol. The predicted molar refractivity (Wildman–Crippen MR) is 78.0 cm³/mol. The largest absolute Gasteiger partial charge is 0.481 e. The Morgan fingerprint density at radius 3 is 2.63 bits per heavy atom. The average Bonchev–Trinajstić information content (AvgIpc) is 2.38. The van der Waals surface area contributed by atoms with Crippen LogP contribution in [0.25, 0.3) is 0 Å². The molecule has 1 atom stereocenters. The summed E-state index contributed by atoms with van der Waals surface area (Å²) in [6.07, 6.45) is 3.28. The van der Waals surface area contributed by atoms with Crippen LogP contribution in [0, 0.1) is 0 Å². The van der Waals surface area contributed by atoms with E-state index < -0.39 is 11.9 Å². The van der Waals surface area contributed by atoms with Crippen molar-refractivity contribution in [1.82, 2.24) is 9.97 Å². The lowest BCUT2D eigenvalue weighted by Gasteiger charge is -2.14. The molecule has 0 aliphatic carbocycles. The number of carbonyl (C=O) groups is 1. The Balaban J connectivity index is 2.35. The van der Waals surface area contributed by atoms with Crippen LogP contribution in [0.3, 0.4) is 0 Å². The van der Waals surface area contributed by atoms with Crippen molar-refractivity contribution in [2.75, 3.05) is 0 Å². The fourth-order valence-electron chi connectivity index (χ4n) is 1.76. The Bertz CT molecular complexity index is 605. The third kappa shape index (κ3) is 3.39. The van der Waals surface area contributed by atoms with Crippen LogP contribution >= 0.6 is 31.9 Å². The van der Waals surface area contributed by atoms with Gasteiger partial charge in [0.2, 0.25) is 0 Å². The molecule has 0 saturated carbocycles. The van der Waals surface area contributed by atoms with Gasteiger partial charge in [-0.2, -0.15) is 0 Å². The number of halogens is 2. The van der Waals surface area contributed by atoms with Gasteiger partial charge in [0.15, 0.2) is 0 Å². The molecule has 1 aromatic carbocycles. The molecule has 0 aliphatic rings. The summed E-state index contributed by atoms with van der Waals surface area (Å²) < 4.78 is 1.50. The van der Waals surface area contributed by atoms with Crippen molar-refractivity contribution in [3.63, 3.8) is 0 Å². The van der Waals surface area contributed by atoms with Crippen molar-refractivity contribution in [2.45, 2.75) is 12.3 Å². The van der Waals surface area contributed by atoms with E-state index in [0.717, 1.165) is 10.0 Å². The minimum atomic E-state index is -0.907. The summed E-state index contributed by atoms with van der Waals surface area (Å²) in [6.45, 7) is 0. The van der Waals surface area contributed by atoms with Gasteiger partial charge in [0.05, 0.1) is 10.2 Å². The van der Waals surface area contributed by atoms with Crippen LogP contribution in [0.15, 0.2) is 45.7 Å². The molecule has 4 nitrogen and oxygen atoms in total. The highest BCUT2D eigenvalue weighted by atomic mass is 79.9. The number of rotatable bonds is 4. The summed E-state index contributed by atoms with van der Waals surface area (Å²) in [5.74, 6) is -1.62. The van der Waals surface area contributed by atoms with E-state index in [9.17, 15) is 9.90 Å². The maximum absolute atomic E-state index is 11.5. The highest BCUT2D eigenvalue weighted by Gasteiger charge is 2.24. The molecule has 0 saturated heterocycles. The molecule has 0 amide bonds. The van der Waals surface area contributed by atoms with E-state index >= 15 is 0 Å². The minimum Gasteiger partial charge on any atom is -0.481 e. The van der Waals surface area contributed by atoms with Crippen molar-refractivity contribution in [3.05, 3.63) is 57.0 Å². The molecule has 1 aromatic heterocycles. The zero-order chi connectivity index (χ0) is 13.8. The second-order valence-corrected chi connectivity index (χ2v) is 5.65. The lowest BCUT2D eigenvalue weighted by Crippen LogP contribution is -2.17. The highest BCUT2D eigenvalue weighted by Crippen LogP contribution is 2.28. The van der Waals surface area contributed by atoms with E-state index in [4.69, 9.17) is 0 Å². The van der Waals surface area contributed by atoms with Gasteiger partial charge in [0.1, 0.15) is 12.2 Å². The van der Waals surface area contributed by atoms with Gasteiger partial charge in [-0.3, -0.25) is 4.79 Å². The zero-order valence-electron chi connectivity index (χ0n) is 9.75. The van der Waals surface area contributed by atoms with E-state index in [1.54, 1.807) is 6.20 Å². The first-order valence-corrected chi connectivity index (χ1v) is 7.10. The molecule has 0 bridgehead atoms. The third-order valence-corrected chi connectivity index (χ3v) is 4.09. The van der Waals surface area contributed by atoms with E-state index in [1.165, 1.54) is 6.33 Å². The Labute approximate surface area is 127 Å². The smallest absolute Gasteiger partial charge is 0.312 e. The molecular weight excluding hydrogens is 376 g/mol. The molecule has 19 heavy (non-hydrogen) atoms. The van der Waals surface area contributed by atoms with Crippen molar-refractivity contribution >= 4 is 37.8 Å². The number of hydrogen-bond acceptors (Lipinski definition) is 3. The van der Waals surface area contributed by atoms with Crippen LogP contribution in [-0.2, 0) is 11.2 Å². The summed E-state index contributed by atoms with van der Waals surface area (Å²) in [5.41, 5.74) is 1.42. The van der Waals surface area contributed by atoms with Gasteiger partial charge >= 0.3 is 5.97 Å². The number of aliphatic carboxylic acids is 1. The van der Waals surface area contributed by atoms with E-state index in [2.05, 4.69) is 41.8 Å². The van der Waals surface area contributed by atoms with E-state index in [-0.39, 0.29) is 0 Å². The number of carboxylic acid groups (broad SMARTS) is 1. The molecule has 6 heteroatoms. The maximum Gasteiger partial charge on any atom is 0.312 e. The maximum atomic E-state index is 11.5. The molecule has 98 valence electrons.